The number of ether oxygens (including phenoxy) is 1. The smallest absolute Gasteiger partial charge is 0.406 e. The lowest BCUT2D eigenvalue weighted by atomic mass is 10.2. The number of rotatable bonds is 7. The Bertz CT molecular complexity index is 542. The van der Waals surface area contributed by atoms with Gasteiger partial charge in [0, 0.05) is 27.2 Å². The third-order valence-electron chi connectivity index (χ3n) is 2.58. The Balaban J connectivity index is 2.40. The number of sulfonamides is 1. The Morgan fingerprint density at radius 1 is 1.19 bits per heavy atom. The zero-order chi connectivity index (χ0) is 16.1. The van der Waals surface area contributed by atoms with E-state index in [4.69, 9.17) is 0 Å². The van der Waals surface area contributed by atoms with Gasteiger partial charge in [-0.3, -0.25) is 0 Å². The van der Waals surface area contributed by atoms with Crippen molar-refractivity contribution in [1.82, 2.24) is 9.62 Å². The average molecular weight is 326 g/mol. The van der Waals surface area contributed by atoms with Gasteiger partial charge in [-0.05, 0) is 17.7 Å². The number of hydrogen-bond acceptors (Lipinski definition) is 4. The second-order valence-corrected chi connectivity index (χ2v) is 6.77. The van der Waals surface area contributed by atoms with Gasteiger partial charge in [-0.1, -0.05) is 12.1 Å². The number of halogens is 3. The van der Waals surface area contributed by atoms with E-state index in [1.54, 1.807) is 0 Å². The fraction of sp³-hybridized carbons (Fsp3) is 0.500. The molecule has 0 aliphatic heterocycles. The van der Waals surface area contributed by atoms with Crippen molar-refractivity contribution in [3.05, 3.63) is 29.8 Å². The van der Waals surface area contributed by atoms with E-state index in [0.29, 0.717) is 6.54 Å². The largest absolute Gasteiger partial charge is 0.573 e. The fourth-order valence-electron chi connectivity index (χ4n) is 1.43. The average Bonchev–Trinajstić information content (AvgIpc) is 2.34. The summed E-state index contributed by atoms with van der Waals surface area (Å²) < 4.78 is 63.8. The van der Waals surface area contributed by atoms with Gasteiger partial charge in [-0.25, -0.2) is 12.7 Å². The van der Waals surface area contributed by atoms with Gasteiger partial charge in [0.25, 0.3) is 0 Å². The van der Waals surface area contributed by atoms with Crippen LogP contribution in [0.2, 0.25) is 0 Å². The van der Waals surface area contributed by atoms with Crippen molar-refractivity contribution in [2.45, 2.75) is 12.9 Å². The van der Waals surface area contributed by atoms with E-state index in [1.807, 2.05) is 0 Å². The van der Waals surface area contributed by atoms with Crippen molar-refractivity contribution in [2.24, 2.45) is 0 Å². The van der Waals surface area contributed by atoms with E-state index in [1.165, 1.54) is 38.4 Å². The molecule has 0 fully saturated rings. The number of nitrogens with one attached hydrogen (secondary N) is 1. The van der Waals surface area contributed by atoms with Gasteiger partial charge in [-0.2, -0.15) is 0 Å². The second-order valence-electron chi connectivity index (χ2n) is 4.47. The number of nitrogens with zero attached hydrogens (tertiary/aromatic N) is 1. The molecule has 0 unspecified atom stereocenters. The van der Waals surface area contributed by atoms with Crippen molar-refractivity contribution < 1.29 is 26.3 Å². The van der Waals surface area contributed by atoms with Crippen LogP contribution in [-0.2, 0) is 16.6 Å². The second kappa shape index (κ2) is 7.10. The highest BCUT2D eigenvalue weighted by molar-refractivity contribution is 7.89. The zero-order valence-electron chi connectivity index (χ0n) is 11.6. The number of benzene rings is 1. The van der Waals surface area contributed by atoms with Gasteiger partial charge in [0.15, 0.2) is 0 Å². The van der Waals surface area contributed by atoms with Crippen LogP contribution in [0.3, 0.4) is 0 Å². The van der Waals surface area contributed by atoms with E-state index in [0.717, 1.165) is 9.87 Å². The quantitative estimate of drug-likeness (QED) is 0.773. The number of hydrogen-bond donors (Lipinski definition) is 1. The van der Waals surface area contributed by atoms with E-state index in [2.05, 4.69) is 10.1 Å². The lowest BCUT2D eigenvalue weighted by Gasteiger charge is -2.12. The lowest BCUT2D eigenvalue weighted by molar-refractivity contribution is -0.274. The van der Waals surface area contributed by atoms with Crippen molar-refractivity contribution in [1.29, 1.82) is 0 Å². The third kappa shape index (κ3) is 6.78. The molecule has 120 valence electrons. The molecule has 0 aliphatic rings. The van der Waals surface area contributed by atoms with Crippen LogP contribution in [0.15, 0.2) is 24.3 Å². The molecule has 21 heavy (non-hydrogen) atoms. The van der Waals surface area contributed by atoms with Crippen LogP contribution in [0.25, 0.3) is 0 Å². The Hall–Kier alpha value is -1.32. The molecule has 0 spiro atoms. The van der Waals surface area contributed by atoms with Crippen molar-refractivity contribution >= 4 is 10.0 Å². The topological polar surface area (TPSA) is 58.6 Å². The van der Waals surface area contributed by atoms with Crippen LogP contribution in [0, 0.1) is 0 Å². The summed E-state index contributed by atoms with van der Waals surface area (Å²) in [5, 5.41) is 2.91. The Kier molecular flexibility index (Phi) is 5.99. The first-order valence-corrected chi connectivity index (χ1v) is 7.67. The highest BCUT2D eigenvalue weighted by atomic mass is 32.2. The molecule has 0 aromatic heterocycles. The van der Waals surface area contributed by atoms with Crippen LogP contribution < -0.4 is 10.1 Å². The third-order valence-corrected chi connectivity index (χ3v) is 4.41. The van der Waals surface area contributed by atoms with Gasteiger partial charge in [0.2, 0.25) is 10.0 Å². The molecular weight excluding hydrogens is 309 g/mol. The van der Waals surface area contributed by atoms with Crippen LogP contribution in [-0.4, -0.2) is 45.5 Å². The lowest BCUT2D eigenvalue weighted by Crippen LogP contribution is -2.31. The number of alkyl halides is 3. The van der Waals surface area contributed by atoms with Gasteiger partial charge < -0.3 is 10.1 Å². The first kappa shape index (κ1) is 17.7. The summed E-state index contributed by atoms with van der Waals surface area (Å²) in [7, 11) is -0.348. The maximum atomic E-state index is 12.0. The van der Waals surface area contributed by atoms with E-state index in [9.17, 15) is 21.6 Å². The van der Waals surface area contributed by atoms with Gasteiger partial charge in [-0.15, -0.1) is 13.2 Å². The van der Waals surface area contributed by atoms with Crippen LogP contribution in [0.1, 0.15) is 5.56 Å². The fourth-order valence-corrected chi connectivity index (χ4v) is 2.19. The van der Waals surface area contributed by atoms with Crippen LogP contribution in [0.4, 0.5) is 13.2 Å². The summed E-state index contributed by atoms with van der Waals surface area (Å²) in [6, 6.07) is 5.38. The molecule has 1 rings (SSSR count). The minimum atomic E-state index is -4.71. The van der Waals surface area contributed by atoms with Crippen molar-refractivity contribution in [3.8, 4) is 5.75 Å². The molecule has 0 atom stereocenters. The van der Waals surface area contributed by atoms with Gasteiger partial charge >= 0.3 is 6.36 Å². The monoisotopic (exact) mass is 326 g/mol. The first-order valence-electron chi connectivity index (χ1n) is 6.06. The molecule has 0 heterocycles. The molecule has 1 aromatic rings. The van der Waals surface area contributed by atoms with Crippen LogP contribution in [0.5, 0.6) is 5.75 Å². The molecule has 0 aliphatic carbocycles. The summed E-state index contributed by atoms with van der Waals surface area (Å²) in [6.07, 6.45) is -4.71. The summed E-state index contributed by atoms with van der Waals surface area (Å²) in [5.74, 6) is -0.337. The van der Waals surface area contributed by atoms with Crippen molar-refractivity contribution in [3.63, 3.8) is 0 Å². The molecule has 0 radical (unpaired) electrons. The summed E-state index contributed by atoms with van der Waals surface area (Å²) in [4.78, 5) is 0. The minimum absolute atomic E-state index is 0.0464. The Labute approximate surface area is 121 Å². The SMILES string of the molecule is CN(C)S(=O)(=O)CCNCc1ccc(OC(F)(F)F)cc1. The summed E-state index contributed by atoms with van der Waals surface area (Å²) in [6.45, 7) is 0.608. The highest BCUT2D eigenvalue weighted by Crippen LogP contribution is 2.22. The first-order chi connectivity index (χ1) is 9.60. The normalized spacial score (nSPS) is 12.7. The summed E-state index contributed by atoms with van der Waals surface area (Å²) in [5.41, 5.74) is 0.728. The molecule has 1 N–H and O–H groups in total. The van der Waals surface area contributed by atoms with E-state index in [-0.39, 0.29) is 18.0 Å². The zero-order valence-corrected chi connectivity index (χ0v) is 12.5. The molecule has 1 aromatic carbocycles. The predicted octanol–water partition coefficient (Wildman–Crippen LogP) is 1.57. The van der Waals surface area contributed by atoms with Crippen molar-refractivity contribution in [2.75, 3.05) is 26.4 Å². The molecular formula is C12H17F3N2O3S. The predicted molar refractivity (Wildman–Crippen MR) is 72.3 cm³/mol. The van der Waals surface area contributed by atoms with E-state index >= 15 is 0 Å². The Morgan fingerprint density at radius 3 is 2.24 bits per heavy atom. The van der Waals surface area contributed by atoms with Gasteiger partial charge in [0.1, 0.15) is 5.75 Å². The highest BCUT2D eigenvalue weighted by Gasteiger charge is 2.30. The van der Waals surface area contributed by atoms with Gasteiger partial charge in [0.05, 0.1) is 5.75 Å². The molecule has 9 heteroatoms. The maximum Gasteiger partial charge on any atom is 0.573 e. The molecule has 0 saturated heterocycles. The molecule has 0 amide bonds. The Morgan fingerprint density at radius 2 is 1.76 bits per heavy atom. The van der Waals surface area contributed by atoms with E-state index < -0.39 is 16.4 Å². The standard InChI is InChI=1S/C12H17F3N2O3S/c1-17(2)21(18,19)8-7-16-9-10-3-5-11(6-4-10)20-12(13,14)15/h3-6,16H,7-9H2,1-2H3. The minimum Gasteiger partial charge on any atom is -0.406 e. The van der Waals surface area contributed by atoms with Crippen LogP contribution >= 0.6 is 0 Å². The molecule has 0 saturated carbocycles. The summed E-state index contributed by atoms with van der Waals surface area (Å²) >= 11 is 0. The maximum absolute atomic E-state index is 12.0. The molecule has 0 bridgehead atoms. The molecule has 5 nitrogen and oxygen atoms in total.